The van der Waals surface area contributed by atoms with E-state index in [2.05, 4.69) is 27.4 Å². The molecule has 0 fully saturated rings. The molecule has 0 saturated carbocycles. The lowest BCUT2D eigenvalue weighted by molar-refractivity contribution is 0.102. The van der Waals surface area contributed by atoms with E-state index < -0.39 is 0 Å². The third-order valence-corrected chi connectivity index (χ3v) is 4.33. The van der Waals surface area contributed by atoms with Crippen LogP contribution < -0.4 is 5.32 Å². The molecule has 0 aliphatic carbocycles. The first-order valence-corrected chi connectivity index (χ1v) is 8.71. The topological polar surface area (TPSA) is 72.7 Å². The second kappa shape index (κ2) is 7.74. The Bertz CT molecular complexity index is 802. The van der Waals surface area contributed by atoms with Crippen molar-refractivity contribution in [1.82, 2.24) is 19.7 Å². The number of rotatable bonds is 6. The molecule has 3 rings (SSSR count). The summed E-state index contributed by atoms with van der Waals surface area (Å²) in [6.07, 6.45) is 4.94. The Labute approximate surface area is 144 Å². The zero-order valence-electron chi connectivity index (χ0n) is 13.2. The third kappa shape index (κ3) is 3.99. The van der Waals surface area contributed by atoms with Crippen molar-refractivity contribution in [3.63, 3.8) is 0 Å². The lowest BCUT2D eigenvalue weighted by Gasteiger charge is -2.07. The summed E-state index contributed by atoms with van der Waals surface area (Å²) in [5.41, 5.74) is 2.62. The highest BCUT2D eigenvalue weighted by molar-refractivity contribution is 7.98. The van der Waals surface area contributed by atoms with E-state index >= 15 is 0 Å². The van der Waals surface area contributed by atoms with Crippen molar-refractivity contribution >= 4 is 23.5 Å². The van der Waals surface area contributed by atoms with Crippen LogP contribution in [0.4, 0.5) is 5.82 Å². The summed E-state index contributed by atoms with van der Waals surface area (Å²) in [6, 6.07) is 11.1. The summed E-state index contributed by atoms with van der Waals surface area (Å²) >= 11 is 1.83. The van der Waals surface area contributed by atoms with Crippen molar-refractivity contribution in [2.45, 2.75) is 12.7 Å². The van der Waals surface area contributed by atoms with Gasteiger partial charge in [0.2, 0.25) is 0 Å². The molecule has 3 aromatic rings. The van der Waals surface area contributed by atoms with E-state index in [0.29, 0.717) is 11.4 Å². The molecule has 1 aromatic carbocycles. The van der Waals surface area contributed by atoms with Crippen molar-refractivity contribution in [3.05, 3.63) is 66.4 Å². The number of pyridine rings is 1. The molecule has 0 aliphatic rings. The highest BCUT2D eigenvalue weighted by Crippen LogP contribution is 2.15. The first-order valence-electron chi connectivity index (χ1n) is 7.55. The molecule has 0 spiro atoms. The number of nitrogens with zero attached hydrogens (tertiary/aromatic N) is 4. The first kappa shape index (κ1) is 16.2. The van der Waals surface area contributed by atoms with Gasteiger partial charge in [-0.05, 0) is 47.7 Å². The van der Waals surface area contributed by atoms with E-state index in [1.165, 1.54) is 0 Å². The van der Waals surface area contributed by atoms with Crippen molar-refractivity contribution in [2.24, 2.45) is 0 Å². The molecule has 1 amide bonds. The molecule has 24 heavy (non-hydrogen) atoms. The van der Waals surface area contributed by atoms with Crippen LogP contribution in [0.25, 0.3) is 5.69 Å². The van der Waals surface area contributed by atoms with Crippen molar-refractivity contribution in [1.29, 1.82) is 0 Å². The SMILES string of the molecule is CCSCc1ccnc(NC(=O)c2ccc(-n3cnnc3)cc2)c1. The summed E-state index contributed by atoms with van der Waals surface area (Å²) in [6.45, 7) is 2.12. The van der Waals surface area contributed by atoms with E-state index in [-0.39, 0.29) is 5.91 Å². The molecule has 6 nitrogen and oxygen atoms in total. The molecule has 122 valence electrons. The first-order chi connectivity index (χ1) is 11.8. The maximum atomic E-state index is 12.3. The van der Waals surface area contributed by atoms with Crippen LogP contribution in [-0.4, -0.2) is 31.4 Å². The van der Waals surface area contributed by atoms with Crippen LogP contribution in [0.15, 0.2) is 55.2 Å². The summed E-state index contributed by atoms with van der Waals surface area (Å²) in [4.78, 5) is 16.6. The monoisotopic (exact) mass is 339 g/mol. The van der Waals surface area contributed by atoms with Crippen molar-refractivity contribution in [2.75, 3.05) is 11.1 Å². The third-order valence-electron chi connectivity index (χ3n) is 3.39. The summed E-state index contributed by atoms with van der Waals surface area (Å²) in [7, 11) is 0. The van der Waals surface area contributed by atoms with Gasteiger partial charge in [-0.15, -0.1) is 10.2 Å². The van der Waals surface area contributed by atoms with Gasteiger partial charge in [0, 0.05) is 23.2 Å². The number of thioether (sulfide) groups is 1. The number of anilines is 1. The highest BCUT2D eigenvalue weighted by atomic mass is 32.2. The van der Waals surface area contributed by atoms with Gasteiger partial charge in [0.15, 0.2) is 0 Å². The second-order valence-electron chi connectivity index (χ2n) is 5.06. The molecule has 1 N–H and O–H groups in total. The number of benzene rings is 1. The Morgan fingerprint density at radius 1 is 1.17 bits per heavy atom. The zero-order valence-corrected chi connectivity index (χ0v) is 14.0. The molecule has 0 aliphatic heterocycles. The molecule has 0 unspecified atom stereocenters. The largest absolute Gasteiger partial charge is 0.307 e. The average molecular weight is 339 g/mol. The van der Waals surface area contributed by atoms with Crippen LogP contribution in [0.1, 0.15) is 22.8 Å². The van der Waals surface area contributed by atoms with Gasteiger partial charge in [-0.25, -0.2) is 4.98 Å². The number of amides is 1. The fraction of sp³-hybridized carbons (Fsp3) is 0.176. The van der Waals surface area contributed by atoms with E-state index in [1.807, 2.05) is 36.0 Å². The predicted molar refractivity (Wildman–Crippen MR) is 95.4 cm³/mol. The average Bonchev–Trinajstić information content (AvgIpc) is 3.15. The number of carbonyl (C=O) groups excluding carboxylic acids is 1. The van der Waals surface area contributed by atoms with Gasteiger partial charge in [-0.2, -0.15) is 11.8 Å². The lowest BCUT2D eigenvalue weighted by Crippen LogP contribution is -2.13. The second-order valence-corrected chi connectivity index (χ2v) is 6.33. The van der Waals surface area contributed by atoms with Crippen molar-refractivity contribution < 1.29 is 4.79 Å². The molecular weight excluding hydrogens is 322 g/mol. The summed E-state index contributed by atoms with van der Waals surface area (Å²) in [5, 5.41) is 10.4. The van der Waals surface area contributed by atoms with Crippen LogP contribution >= 0.6 is 11.8 Å². The molecular formula is C17H17N5OS. The summed E-state index contributed by atoms with van der Waals surface area (Å²) < 4.78 is 1.78. The van der Waals surface area contributed by atoms with Gasteiger partial charge in [0.25, 0.3) is 5.91 Å². The molecule has 2 aromatic heterocycles. The van der Waals surface area contributed by atoms with Crippen LogP contribution in [0, 0.1) is 0 Å². The van der Waals surface area contributed by atoms with Crippen LogP contribution in [0.2, 0.25) is 0 Å². The van der Waals surface area contributed by atoms with Gasteiger partial charge in [0.1, 0.15) is 18.5 Å². The van der Waals surface area contributed by atoms with Gasteiger partial charge in [0.05, 0.1) is 0 Å². The summed E-state index contributed by atoms with van der Waals surface area (Å²) in [5.74, 6) is 2.35. The molecule has 0 saturated heterocycles. The normalized spacial score (nSPS) is 10.5. The minimum absolute atomic E-state index is 0.182. The van der Waals surface area contributed by atoms with Gasteiger partial charge in [-0.1, -0.05) is 6.92 Å². The fourth-order valence-corrected chi connectivity index (χ4v) is 2.78. The minimum atomic E-state index is -0.182. The maximum Gasteiger partial charge on any atom is 0.256 e. The van der Waals surface area contributed by atoms with E-state index in [9.17, 15) is 4.79 Å². The fourth-order valence-electron chi connectivity index (χ4n) is 2.16. The number of aromatic nitrogens is 4. The highest BCUT2D eigenvalue weighted by Gasteiger charge is 2.08. The molecule has 0 bridgehead atoms. The number of hydrogen-bond acceptors (Lipinski definition) is 5. The zero-order chi connectivity index (χ0) is 16.8. The Morgan fingerprint density at radius 3 is 2.62 bits per heavy atom. The Morgan fingerprint density at radius 2 is 1.92 bits per heavy atom. The maximum absolute atomic E-state index is 12.3. The molecule has 7 heteroatoms. The van der Waals surface area contributed by atoms with Gasteiger partial charge in [-0.3, -0.25) is 9.36 Å². The van der Waals surface area contributed by atoms with Crippen LogP contribution in [0.3, 0.4) is 0 Å². The Kier molecular flexibility index (Phi) is 5.22. The van der Waals surface area contributed by atoms with Crippen LogP contribution in [0.5, 0.6) is 0 Å². The van der Waals surface area contributed by atoms with E-state index in [0.717, 1.165) is 22.8 Å². The quantitative estimate of drug-likeness (QED) is 0.747. The minimum Gasteiger partial charge on any atom is -0.307 e. The lowest BCUT2D eigenvalue weighted by atomic mass is 10.2. The number of carbonyl (C=O) groups is 1. The van der Waals surface area contributed by atoms with Crippen LogP contribution in [-0.2, 0) is 5.75 Å². The number of hydrogen-bond donors (Lipinski definition) is 1. The van der Waals surface area contributed by atoms with Crippen molar-refractivity contribution in [3.8, 4) is 5.69 Å². The standard InChI is InChI=1S/C17H17N5OS/c1-2-24-10-13-7-8-18-16(9-13)21-17(23)14-3-5-15(6-4-14)22-11-19-20-12-22/h3-9,11-12H,2,10H2,1H3,(H,18,21,23). The Balaban J connectivity index is 1.68. The molecule has 2 heterocycles. The molecule has 0 radical (unpaired) electrons. The molecule has 0 atom stereocenters. The Hall–Kier alpha value is -2.67. The van der Waals surface area contributed by atoms with E-state index in [4.69, 9.17) is 0 Å². The van der Waals surface area contributed by atoms with Gasteiger partial charge >= 0.3 is 0 Å². The number of nitrogens with one attached hydrogen (secondary N) is 1. The van der Waals surface area contributed by atoms with Gasteiger partial charge < -0.3 is 5.32 Å². The smallest absolute Gasteiger partial charge is 0.256 e. The predicted octanol–water partition coefficient (Wildman–Crippen LogP) is 3.17. The van der Waals surface area contributed by atoms with E-state index in [1.54, 1.807) is 35.6 Å².